The number of aliphatic carboxylic acids is 2. The summed E-state index contributed by atoms with van der Waals surface area (Å²) < 4.78 is 44.4. The third-order valence-electron chi connectivity index (χ3n) is 4.39. The first-order valence-corrected chi connectivity index (χ1v) is 8.93. The van der Waals surface area contributed by atoms with Crippen LogP contribution < -0.4 is 11.2 Å². The van der Waals surface area contributed by atoms with Crippen LogP contribution in [0.1, 0.15) is 11.4 Å². The second-order valence-corrected chi connectivity index (χ2v) is 7.09. The number of alkyl halides is 3. The van der Waals surface area contributed by atoms with Gasteiger partial charge in [0.2, 0.25) is 0 Å². The minimum absolute atomic E-state index is 0.0644. The minimum Gasteiger partial charge on any atom is -0.481 e. The van der Waals surface area contributed by atoms with Gasteiger partial charge in [0.05, 0.1) is 16.1 Å². The van der Waals surface area contributed by atoms with Gasteiger partial charge in [-0.3, -0.25) is 19.0 Å². The van der Waals surface area contributed by atoms with Crippen molar-refractivity contribution in [3.63, 3.8) is 0 Å². The first-order valence-electron chi connectivity index (χ1n) is 8.16. The first-order chi connectivity index (χ1) is 13.9. The lowest BCUT2D eigenvalue weighted by Gasteiger charge is -2.14. The summed E-state index contributed by atoms with van der Waals surface area (Å²) in [6.45, 7) is 0. The number of hydrogen-bond acceptors (Lipinski definition) is 6. The summed E-state index contributed by atoms with van der Waals surface area (Å²) in [7, 11) is 0.877. The molecule has 0 atom stereocenters. The number of carbonyl (C=O) groups is 2. The van der Waals surface area contributed by atoms with Gasteiger partial charge in [-0.15, -0.1) is 0 Å². The molecule has 0 spiro atoms. The number of halogens is 3. The molecule has 0 radical (unpaired) electrons. The summed E-state index contributed by atoms with van der Waals surface area (Å²) in [6, 6.07) is 4.35. The summed E-state index contributed by atoms with van der Waals surface area (Å²) >= 11 is 0.945. The fraction of sp³-hybridized carbons (Fsp3) is 0.235. The molecule has 1 aromatic carbocycles. The molecule has 2 aromatic heterocycles. The van der Waals surface area contributed by atoms with E-state index in [1.54, 1.807) is 0 Å². The van der Waals surface area contributed by atoms with Crippen LogP contribution >= 0.6 is 11.5 Å². The Morgan fingerprint density at radius 3 is 2.37 bits per heavy atom. The monoisotopic (exact) mass is 443 g/mol. The second kappa shape index (κ2) is 7.40. The van der Waals surface area contributed by atoms with Crippen LogP contribution in [0.4, 0.5) is 13.2 Å². The first kappa shape index (κ1) is 21.2. The summed E-state index contributed by atoms with van der Waals surface area (Å²) in [4.78, 5) is 47.0. The topological polar surface area (TPSA) is 131 Å². The lowest BCUT2D eigenvalue weighted by Crippen LogP contribution is -2.40. The highest BCUT2D eigenvalue weighted by molar-refractivity contribution is 7.13. The van der Waals surface area contributed by atoms with E-state index in [0.717, 1.165) is 18.6 Å². The van der Waals surface area contributed by atoms with Crippen molar-refractivity contribution < 1.29 is 33.0 Å². The Balaban J connectivity index is 2.17. The standard InChI is InChI=1S/C17H12F3N3O6S/c1-22-12(17(18,19)20)6-13(24)23(16(22)29)7-2-3-11-8(4-7)10(21-30-11)5-9(14(25)26)15(27)28/h2-4,6,9H,5H2,1H3,(H,25,26)(H,27,28). The average Bonchev–Trinajstić information content (AvgIpc) is 3.03. The normalized spacial score (nSPS) is 11.9. The Morgan fingerprint density at radius 1 is 1.17 bits per heavy atom. The van der Waals surface area contributed by atoms with Gasteiger partial charge in [-0.05, 0) is 29.7 Å². The van der Waals surface area contributed by atoms with Gasteiger partial charge in [-0.1, -0.05) is 0 Å². The summed E-state index contributed by atoms with van der Waals surface area (Å²) in [5.41, 5.74) is -3.79. The van der Waals surface area contributed by atoms with Crippen LogP contribution in [0.15, 0.2) is 33.9 Å². The molecule has 0 aliphatic rings. The van der Waals surface area contributed by atoms with Crippen molar-refractivity contribution in [3.8, 4) is 5.69 Å². The average molecular weight is 443 g/mol. The van der Waals surface area contributed by atoms with Crippen molar-refractivity contribution in [2.24, 2.45) is 13.0 Å². The third-order valence-corrected chi connectivity index (χ3v) is 5.26. The van der Waals surface area contributed by atoms with Crippen molar-refractivity contribution in [2.45, 2.75) is 12.6 Å². The molecule has 0 aliphatic carbocycles. The number of aromatic nitrogens is 3. The van der Waals surface area contributed by atoms with E-state index in [0.29, 0.717) is 25.3 Å². The molecule has 158 valence electrons. The number of nitrogens with zero attached hydrogens (tertiary/aromatic N) is 3. The van der Waals surface area contributed by atoms with Gasteiger partial charge >= 0.3 is 23.8 Å². The Bertz CT molecular complexity index is 1280. The molecular weight excluding hydrogens is 431 g/mol. The highest BCUT2D eigenvalue weighted by atomic mass is 32.1. The van der Waals surface area contributed by atoms with Crippen molar-refractivity contribution in [3.05, 3.63) is 56.5 Å². The lowest BCUT2D eigenvalue weighted by atomic mass is 10.0. The van der Waals surface area contributed by atoms with Gasteiger partial charge in [0.25, 0.3) is 5.56 Å². The van der Waals surface area contributed by atoms with Crippen LogP contribution in [0, 0.1) is 5.92 Å². The summed E-state index contributed by atoms with van der Waals surface area (Å²) in [5, 5.41) is 18.4. The number of carboxylic acid groups (broad SMARTS) is 2. The molecule has 0 amide bonds. The van der Waals surface area contributed by atoms with E-state index in [2.05, 4.69) is 4.37 Å². The van der Waals surface area contributed by atoms with Crippen LogP contribution in [0.3, 0.4) is 0 Å². The molecule has 0 unspecified atom stereocenters. The van der Waals surface area contributed by atoms with E-state index in [1.165, 1.54) is 18.2 Å². The fourth-order valence-corrected chi connectivity index (χ4v) is 3.66. The van der Waals surface area contributed by atoms with Gasteiger partial charge < -0.3 is 10.2 Å². The quantitative estimate of drug-likeness (QED) is 0.571. The molecule has 0 fully saturated rings. The Kier molecular flexibility index (Phi) is 5.24. The van der Waals surface area contributed by atoms with Crippen molar-refractivity contribution in [2.75, 3.05) is 0 Å². The minimum atomic E-state index is -4.90. The molecule has 3 aromatic rings. The molecule has 2 N–H and O–H groups in total. The van der Waals surface area contributed by atoms with E-state index in [4.69, 9.17) is 10.2 Å². The Hall–Kier alpha value is -3.48. The van der Waals surface area contributed by atoms with Crippen LogP contribution in [0.5, 0.6) is 0 Å². The Morgan fingerprint density at radius 2 is 1.80 bits per heavy atom. The maximum absolute atomic E-state index is 13.0. The van der Waals surface area contributed by atoms with Gasteiger partial charge in [-0.2, -0.15) is 17.5 Å². The van der Waals surface area contributed by atoms with Gasteiger partial charge in [-0.25, -0.2) is 9.36 Å². The molecule has 0 bridgehead atoms. The molecule has 3 rings (SSSR count). The zero-order chi connectivity index (χ0) is 22.4. The highest BCUT2D eigenvalue weighted by Gasteiger charge is 2.35. The Labute approximate surface area is 168 Å². The highest BCUT2D eigenvalue weighted by Crippen LogP contribution is 2.28. The molecular formula is C17H12F3N3O6S. The molecule has 0 saturated heterocycles. The van der Waals surface area contributed by atoms with Gasteiger partial charge in [0, 0.05) is 24.9 Å². The number of carboxylic acids is 2. The number of rotatable bonds is 5. The van der Waals surface area contributed by atoms with E-state index in [9.17, 15) is 32.3 Å². The van der Waals surface area contributed by atoms with Crippen molar-refractivity contribution >= 4 is 33.6 Å². The predicted molar refractivity (Wildman–Crippen MR) is 97.9 cm³/mol. The zero-order valence-electron chi connectivity index (χ0n) is 15.0. The predicted octanol–water partition coefficient (Wildman–Crippen LogP) is 1.49. The van der Waals surface area contributed by atoms with Crippen molar-refractivity contribution in [1.29, 1.82) is 0 Å². The smallest absolute Gasteiger partial charge is 0.431 e. The van der Waals surface area contributed by atoms with Crippen LogP contribution in [0.2, 0.25) is 0 Å². The van der Waals surface area contributed by atoms with Crippen LogP contribution in [-0.2, 0) is 29.2 Å². The molecule has 0 saturated carbocycles. The van der Waals surface area contributed by atoms with Gasteiger partial charge in [0.15, 0.2) is 5.92 Å². The number of fused-ring (bicyclic) bond motifs is 1. The molecule has 13 heteroatoms. The molecule has 0 aliphatic heterocycles. The maximum atomic E-state index is 13.0. The molecule has 2 heterocycles. The third kappa shape index (κ3) is 3.70. The van der Waals surface area contributed by atoms with Crippen molar-refractivity contribution in [1.82, 2.24) is 13.5 Å². The number of benzene rings is 1. The fourth-order valence-electron chi connectivity index (χ4n) is 2.87. The van der Waals surface area contributed by atoms with E-state index < -0.39 is 47.4 Å². The maximum Gasteiger partial charge on any atom is 0.431 e. The van der Waals surface area contributed by atoms with Gasteiger partial charge in [0.1, 0.15) is 5.69 Å². The SMILES string of the molecule is Cn1c(C(F)(F)F)cc(=O)n(-c2ccc3snc(CC(C(=O)O)C(=O)O)c3c2)c1=O. The molecule has 30 heavy (non-hydrogen) atoms. The molecule has 9 nitrogen and oxygen atoms in total. The van der Waals surface area contributed by atoms with E-state index in [-0.39, 0.29) is 11.4 Å². The zero-order valence-corrected chi connectivity index (χ0v) is 15.8. The summed E-state index contributed by atoms with van der Waals surface area (Å²) in [5.74, 6) is -4.89. The second-order valence-electron chi connectivity index (χ2n) is 6.29. The van der Waals surface area contributed by atoms with Crippen LogP contribution in [0.25, 0.3) is 15.8 Å². The van der Waals surface area contributed by atoms with E-state index >= 15 is 0 Å². The van der Waals surface area contributed by atoms with Crippen LogP contribution in [-0.4, -0.2) is 35.7 Å². The lowest BCUT2D eigenvalue weighted by molar-refractivity contribution is -0.154. The van der Waals surface area contributed by atoms with E-state index in [1.807, 2.05) is 0 Å². The number of hydrogen-bond donors (Lipinski definition) is 2. The summed E-state index contributed by atoms with van der Waals surface area (Å²) in [6.07, 6.45) is -5.35. The largest absolute Gasteiger partial charge is 0.481 e.